The highest BCUT2D eigenvalue weighted by atomic mass is 79.9. The summed E-state index contributed by atoms with van der Waals surface area (Å²) < 4.78 is 14.0. The van der Waals surface area contributed by atoms with Gasteiger partial charge in [-0.1, -0.05) is 18.2 Å². The van der Waals surface area contributed by atoms with E-state index in [2.05, 4.69) is 21.2 Å². The van der Waals surface area contributed by atoms with Crippen LogP contribution in [0.4, 0.5) is 5.69 Å². The van der Waals surface area contributed by atoms with Crippen molar-refractivity contribution < 1.29 is 14.3 Å². The third-order valence-electron chi connectivity index (χ3n) is 4.83. The molecule has 5 nitrogen and oxygen atoms in total. The highest BCUT2D eigenvalue weighted by Gasteiger charge is 2.19. The number of aromatic nitrogens is 1. The SMILES string of the molecule is Cn1c(C(=O)Nc2ccc(OCC3CCCO3)cc2)c(Br)c2ccccc21. The molecule has 0 aliphatic carbocycles. The third kappa shape index (κ3) is 3.73. The molecule has 1 unspecified atom stereocenters. The van der Waals surface area contributed by atoms with Crippen molar-refractivity contribution in [3.63, 3.8) is 0 Å². The molecule has 4 rings (SSSR count). The molecule has 2 heterocycles. The molecular weight excluding hydrogens is 408 g/mol. The fourth-order valence-corrected chi connectivity index (χ4v) is 4.17. The highest BCUT2D eigenvalue weighted by molar-refractivity contribution is 9.10. The predicted octanol–water partition coefficient (Wildman–Crippen LogP) is 4.75. The average molecular weight is 429 g/mol. The monoisotopic (exact) mass is 428 g/mol. The molecular formula is C21H21BrN2O3. The van der Waals surface area contributed by atoms with Crippen molar-refractivity contribution in [2.24, 2.45) is 7.05 Å². The lowest BCUT2D eigenvalue weighted by molar-refractivity contribution is 0.0679. The molecule has 1 atom stereocenters. The molecule has 1 amide bonds. The van der Waals surface area contributed by atoms with Crippen molar-refractivity contribution in [1.29, 1.82) is 0 Å². The van der Waals surface area contributed by atoms with Gasteiger partial charge in [-0.15, -0.1) is 0 Å². The largest absolute Gasteiger partial charge is 0.491 e. The molecule has 3 aromatic rings. The number of hydrogen-bond acceptors (Lipinski definition) is 3. The molecule has 0 bridgehead atoms. The summed E-state index contributed by atoms with van der Waals surface area (Å²) in [6, 6.07) is 15.3. The molecule has 6 heteroatoms. The van der Waals surface area contributed by atoms with E-state index in [9.17, 15) is 4.79 Å². The van der Waals surface area contributed by atoms with E-state index in [-0.39, 0.29) is 12.0 Å². The van der Waals surface area contributed by atoms with Crippen molar-refractivity contribution in [2.75, 3.05) is 18.5 Å². The van der Waals surface area contributed by atoms with Gasteiger partial charge in [0.05, 0.1) is 10.6 Å². The molecule has 2 aromatic carbocycles. The maximum absolute atomic E-state index is 12.8. The van der Waals surface area contributed by atoms with E-state index >= 15 is 0 Å². The number of anilines is 1. The van der Waals surface area contributed by atoms with Gasteiger partial charge in [0.1, 0.15) is 18.1 Å². The van der Waals surface area contributed by atoms with Crippen LogP contribution in [0.25, 0.3) is 10.9 Å². The van der Waals surface area contributed by atoms with Crippen LogP contribution in [0.15, 0.2) is 53.0 Å². The summed E-state index contributed by atoms with van der Waals surface area (Å²) in [5.41, 5.74) is 2.32. The minimum absolute atomic E-state index is 0.159. The first-order chi connectivity index (χ1) is 13.1. The standard InChI is InChI=1S/C21H21BrN2O3/c1-24-18-7-3-2-6-17(18)19(22)20(24)21(25)23-14-8-10-15(11-9-14)27-13-16-5-4-12-26-16/h2-3,6-11,16H,4-5,12-13H2,1H3,(H,23,25). The van der Waals surface area contributed by atoms with Gasteiger partial charge in [-0.3, -0.25) is 4.79 Å². The first-order valence-electron chi connectivity index (χ1n) is 9.02. The number of carbonyl (C=O) groups excluding carboxylic acids is 1. The Hall–Kier alpha value is -2.31. The summed E-state index contributed by atoms with van der Waals surface area (Å²) in [5.74, 6) is 0.614. The second-order valence-corrected chi connectivity index (χ2v) is 7.46. The first-order valence-corrected chi connectivity index (χ1v) is 9.81. The third-order valence-corrected chi connectivity index (χ3v) is 5.64. The Morgan fingerprint density at radius 3 is 2.74 bits per heavy atom. The summed E-state index contributed by atoms with van der Waals surface area (Å²) in [5, 5.41) is 3.97. The molecule has 0 spiro atoms. The number of hydrogen-bond donors (Lipinski definition) is 1. The summed E-state index contributed by atoms with van der Waals surface area (Å²) in [7, 11) is 1.89. The molecule has 0 radical (unpaired) electrons. The Labute approximate surface area is 166 Å². The van der Waals surface area contributed by atoms with Crippen LogP contribution in [0.5, 0.6) is 5.75 Å². The normalized spacial score (nSPS) is 16.6. The lowest BCUT2D eigenvalue weighted by atomic mass is 10.2. The summed E-state index contributed by atoms with van der Waals surface area (Å²) in [4.78, 5) is 12.8. The molecule has 1 fully saturated rings. The van der Waals surface area contributed by atoms with Gasteiger partial charge in [0.25, 0.3) is 5.91 Å². The number of ether oxygens (including phenoxy) is 2. The van der Waals surface area contributed by atoms with E-state index in [4.69, 9.17) is 9.47 Å². The zero-order chi connectivity index (χ0) is 18.8. The van der Waals surface area contributed by atoms with E-state index in [1.165, 1.54) is 0 Å². The number of amides is 1. The van der Waals surface area contributed by atoms with E-state index in [1.54, 1.807) is 0 Å². The number of halogens is 1. The fraction of sp³-hybridized carbons (Fsp3) is 0.286. The van der Waals surface area contributed by atoms with Gasteiger partial charge in [0, 0.05) is 30.2 Å². The van der Waals surface area contributed by atoms with Crippen molar-refractivity contribution >= 4 is 38.4 Å². The van der Waals surface area contributed by atoms with Crippen molar-refractivity contribution in [2.45, 2.75) is 18.9 Å². The topological polar surface area (TPSA) is 52.5 Å². The molecule has 1 N–H and O–H groups in total. The molecule has 27 heavy (non-hydrogen) atoms. The second-order valence-electron chi connectivity index (χ2n) is 6.66. The lowest BCUT2D eigenvalue weighted by Crippen LogP contribution is -2.17. The average Bonchev–Trinajstić information content (AvgIpc) is 3.29. The van der Waals surface area contributed by atoms with Crippen molar-refractivity contribution in [3.8, 4) is 5.75 Å². The number of nitrogens with one attached hydrogen (secondary N) is 1. The maximum atomic E-state index is 12.8. The van der Waals surface area contributed by atoms with Gasteiger partial charge in [-0.2, -0.15) is 0 Å². The zero-order valence-corrected chi connectivity index (χ0v) is 16.7. The van der Waals surface area contributed by atoms with Crippen molar-refractivity contribution in [3.05, 3.63) is 58.7 Å². The fourth-order valence-electron chi connectivity index (χ4n) is 3.39. The Kier molecular flexibility index (Phi) is 5.18. The predicted molar refractivity (Wildman–Crippen MR) is 109 cm³/mol. The Morgan fingerprint density at radius 2 is 2.04 bits per heavy atom. The number of fused-ring (bicyclic) bond motifs is 1. The van der Waals surface area contributed by atoms with Crippen LogP contribution in [-0.2, 0) is 11.8 Å². The van der Waals surface area contributed by atoms with Crippen LogP contribution in [0.2, 0.25) is 0 Å². The molecule has 1 saturated heterocycles. The quantitative estimate of drug-likeness (QED) is 0.637. The van der Waals surface area contributed by atoms with Gasteiger partial charge in [-0.25, -0.2) is 0 Å². The number of rotatable bonds is 5. The molecule has 1 aliphatic rings. The van der Waals surface area contributed by atoms with Gasteiger partial charge in [0.15, 0.2) is 0 Å². The van der Waals surface area contributed by atoms with Crippen LogP contribution < -0.4 is 10.1 Å². The van der Waals surface area contributed by atoms with Gasteiger partial charge in [0.2, 0.25) is 0 Å². The summed E-state index contributed by atoms with van der Waals surface area (Å²) in [6.07, 6.45) is 2.34. The van der Waals surface area contributed by atoms with Gasteiger partial charge in [-0.05, 0) is 59.1 Å². The van der Waals surface area contributed by atoms with Crippen LogP contribution in [0, 0.1) is 0 Å². The van der Waals surface area contributed by atoms with Gasteiger partial charge >= 0.3 is 0 Å². The Bertz CT molecular complexity index is 920. The minimum atomic E-state index is -0.159. The second kappa shape index (κ2) is 7.74. The van der Waals surface area contributed by atoms with E-state index in [0.29, 0.717) is 12.3 Å². The van der Waals surface area contributed by atoms with Gasteiger partial charge < -0.3 is 19.4 Å². The molecule has 0 saturated carbocycles. The summed E-state index contributed by atoms with van der Waals surface area (Å²) >= 11 is 3.57. The number of nitrogens with zero attached hydrogens (tertiary/aromatic N) is 1. The minimum Gasteiger partial charge on any atom is -0.491 e. The smallest absolute Gasteiger partial charge is 0.273 e. The van der Waals surface area contributed by atoms with Crippen LogP contribution >= 0.6 is 15.9 Å². The Balaban J connectivity index is 1.45. The van der Waals surface area contributed by atoms with E-state index in [1.807, 2.05) is 60.1 Å². The Morgan fingerprint density at radius 1 is 1.26 bits per heavy atom. The molecule has 1 aromatic heterocycles. The number of benzene rings is 2. The highest BCUT2D eigenvalue weighted by Crippen LogP contribution is 2.30. The zero-order valence-electron chi connectivity index (χ0n) is 15.1. The van der Waals surface area contributed by atoms with E-state index in [0.717, 1.165) is 46.3 Å². The lowest BCUT2D eigenvalue weighted by Gasteiger charge is -2.12. The number of para-hydroxylation sites is 1. The number of aryl methyl sites for hydroxylation is 1. The van der Waals surface area contributed by atoms with Crippen LogP contribution in [-0.4, -0.2) is 29.8 Å². The van der Waals surface area contributed by atoms with Crippen LogP contribution in [0.1, 0.15) is 23.3 Å². The number of carbonyl (C=O) groups is 1. The molecule has 1 aliphatic heterocycles. The van der Waals surface area contributed by atoms with Crippen molar-refractivity contribution in [1.82, 2.24) is 4.57 Å². The van der Waals surface area contributed by atoms with Crippen LogP contribution in [0.3, 0.4) is 0 Å². The van der Waals surface area contributed by atoms with E-state index < -0.39 is 0 Å². The molecule has 140 valence electrons. The first kappa shape index (κ1) is 18.1. The summed E-state index contributed by atoms with van der Waals surface area (Å²) in [6.45, 7) is 1.39. The maximum Gasteiger partial charge on any atom is 0.273 e.